The molecule has 0 bridgehead atoms. The highest BCUT2D eigenvalue weighted by molar-refractivity contribution is 5.89. The van der Waals surface area contributed by atoms with Crippen LogP contribution in [-0.4, -0.2) is 35.6 Å². The molecule has 0 saturated heterocycles. The Balaban J connectivity index is 2.61. The van der Waals surface area contributed by atoms with E-state index in [2.05, 4.69) is 5.32 Å². The number of anilines is 1. The fraction of sp³-hybridized carbons (Fsp3) is 0.429. The number of hydrogen-bond acceptors (Lipinski definition) is 2. The first-order valence-corrected chi connectivity index (χ1v) is 6.35. The number of aryl methyl sites for hydroxylation is 1. The molecular formula is C14H20N2O3. The summed E-state index contributed by atoms with van der Waals surface area (Å²) in [5, 5.41) is 11.4. The second-order valence-corrected chi connectivity index (χ2v) is 4.45. The van der Waals surface area contributed by atoms with Gasteiger partial charge in [-0.1, -0.05) is 19.1 Å². The molecule has 0 radical (unpaired) electrons. The van der Waals surface area contributed by atoms with E-state index in [-0.39, 0.29) is 12.5 Å². The maximum absolute atomic E-state index is 11.8. The maximum Gasteiger partial charge on any atom is 0.321 e. The molecule has 0 spiro atoms. The number of nitrogens with zero attached hydrogens (tertiary/aromatic N) is 1. The highest BCUT2D eigenvalue weighted by Crippen LogP contribution is 2.13. The predicted octanol–water partition coefficient (Wildman–Crippen LogP) is 2.58. The van der Waals surface area contributed by atoms with Crippen molar-refractivity contribution in [2.24, 2.45) is 0 Å². The van der Waals surface area contributed by atoms with Crippen molar-refractivity contribution in [3.8, 4) is 0 Å². The van der Waals surface area contributed by atoms with E-state index in [0.29, 0.717) is 18.7 Å². The number of carbonyl (C=O) groups excluding carboxylic acids is 1. The van der Waals surface area contributed by atoms with E-state index in [1.807, 2.05) is 19.1 Å². The van der Waals surface area contributed by atoms with Crippen molar-refractivity contribution < 1.29 is 14.7 Å². The summed E-state index contributed by atoms with van der Waals surface area (Å²) in [6.45, 7) is 2.71. The molecule has 1 aromatic rings. The van der Waals surface area contributed by atoms with Crippen molar-refractivity contribution in [1.29, 1.82) is 0 Å². The zero-order valence-electron chi connectivity index (χ0n) is 11.3. The van der Waals surface area contributed by atoms with Gasteiger partial charge in [0.2, 0.25) is 0 Å². The van der Waals surface area contributed by atoms with Crippen LogP contribution in [-0.2, 0) is 11.2 Å². The second kappa shape index (κ2) is 7.41. The Morgan fingerprint density at radius 2 is 2.11 bits per heavy atom. The largest absolute Gasteiger partial charge is 0.481 e. The number of carboxylic acids is 1. The lowest BCUT2D eigenvalue weighted by molar-refractivity contribution is -0.136. The number of aliphatic carboxylic acids is 1. The molecule has 5 heteroatoms. The molecule has 0 aliphatic heterocycles. The summed E-state index contributed by atoms with van der Waals surface area (Å²) in [5.74, 6) is -0.822. The Morgan fingerprint density at radius 1 is 1.37 bits per heavy atom. The lowest BCUT2D eigenvalue weighted by atomic mass is 10.1. The first-order chi connectivity index (χ1) is 9.02. The number of urea groups is 1. The number of rotatable bonds is 6. The highest BCUT2D eigenvalue weighted by Gasteiger charge is 2.08. The molecule has 0 aliphatic carbocycles. The van der Waals surface area contributed by atoms with Crippen LogP contribution in [0.15, 0.2) is 24.3 Å². The van der Waals surface area contributed by atoms with Gasteiger partial charge in [-0.2, -0.15) is 0 Å². The lowest BCUT2D eigenvalue weighted by Crippen LogP contribution is -2.31. The zero-order chi connectivity index (χ0) is 14.3. The number of carbonyl (C=O) groups is 2. The summed E-state index contributed by atoms with van der Waals surface area (Å²) >= 11 is 0. The smallest absolute Gasteiger partial charge is 0.321 e. The minimum atomic E-state index is -0.822. The van der Waals surface area contributed by atoms with Crippen LogP contribution in [0.5, 0.6) is 0 Å². The Kier molecular flexibility index (Phi) is 5.85. The zero-order valence-corrected chi connectivity index (χ0v) is 11.3. The van der Waals surface area contributed by atoms with Crippen molar-refractivity contribution in [2.75, 3.05) is 18.9 Å². The van der Waals surface area contributed by atoms with Gasteiger partial charge in [-0.05, 0) is 30.5 Å². The third kappa shape index (κ3) is 5.42. The van der Waals surface area contributed by atoms with E-state index < -0.39 is 5.97 Å². The van der Waals surface area contributed by atoms with Gasteiger partial charge in [-0.25, -0.2) is 4.79 Å². The van der Waals surface area contributed by atoms with Gasteiger partial charge in [0, 0.05) is 25.7 Å². The molecule has 0 atom stereocenters. The summed E-state index contributed by atoms with van der Waals surface area (Å²) in [4.78, 5) is 23.9. The van der Waals surface area contributed by atoms with Crippen LogP contribution in [0.25, 0.3) is 0 Å². The van der Waals surface area contributed by atoms with E-state index in [1.54, 1.807) is 24.1 Å². The number of amides is 2. The van der Waals surface area contributed by atoms with Crippen molar-refractivity contribution in [3.05, 3.63) is 29.8 Å². The Morgan fingerprint density at radius 3 is 2.74 bits per heavy atom. The summed E-state index contributed by atoms with van der Waals surface area (Å²) in [5.41, 5.74) is 1.59. The molecule has 104 valence electrons. The minimum Gasteiger partial charge on any atom is -0.481 e. The molecule has 1 rings (SSSR count). The summed E-state index contributed by atoms with van der Waals surface area (Å²) < 4.78 is 0. The van der Waals surface area contributed by atoms with Crippen LogP contribution in [0.2, 0.25) is 0 Å². The van der Waals surface area contributed by atoms with Gasteiger partial charge in [0.1, 0.15) is 0 Å². The van der Waals surface area contributed by atoms with Crippen molar-refractivity contribution in [3.63, 3.8) is 0 Å². The molecule has 0 fully saturated rings. The first-order valence-electron chi connectivity index (χ1n) is 6.35. The van der Waals surface area contributed by atoms with E-state index in [4.69, 9.17) is 5.11 Å². The molecule has 0 heterocycles. The van der Waals surface area contributed by atoms with Crippen molar-refractivity contribution in [1.82, 2.24) is 4.90 Å². The Bertz CT molecular complexity index is 446. The van der Waals surface area contributed by atoms with Crippen LogP contribution in [0, 0.1) is 0 Å². The van der Waals surface area contributed by atoms with Crippen LogP contribution in [0.4, 0.5) is 10.5 Å². The van der Waals surface area contributed by atoms with Crippen molar-refractivity contribution in [2.45, 2.75) is 26.2 Å². The van der Waals surface area contributed by atoms with Crippen LogP contribution < -0.4 is 5.32 Å². The summed E-state index contributed by atoms with van der Waals surface area (Å²) in [6.07, 6.45) is 1.46. The normalized spacial score (nSPS) is 10.0. The third-order valence-electron chi connectivity index (χ3n) is 2.71. The van der Waals surface area contributed by atoms with Crippen LogP contribution >= 0.6 is 0 Å². The van der Waals surface area contributed by atoms with Gasteiger partial charge in [-0.15, -0.1) is 0 Å². The topological polar surface area (TPSA) is 69.6 Å². The fourth-order valence-electron chi connectivity index (χ4n) is 1.71. The SMILES string of the molecule is CCCN(C)C(=O)Nc1cccc(CCC(=O)O)c1. The van der Waals surface area contributed by atoms with Gasteiger partial charge in [0.15, 0.2) is 0 Å². The molecule has 2 amide bonds. The summed E-state index contributed by atoms with van der Waals surface area (Å²) in [7, 11) is 1.74. The second-order valence-electron chi connectivity index (χ2n) is 4.45. The third-order valence-corrected chi connectivity index (χ3v) is 2.71. The monoisotopic (exact) mass is 264 g/mol. The highest BCUT2D eigenvalue weighted by atomic mass is 16.4. The Hall–Kier alpha value is -2.04. The van der Waals surface area contributed by atoms with E-state index in [1.165, 1.54) is 0 Å². The average molecular weight is 264 g/mol. The molecular weight excluding hydrogens is 244 g/mol. The average Bonchev–Trinajstić information content (AvgIpc) is 2.37. The number of carboxylic acid groups (broad SMARTS) is 1. The van der Waals surface area contributed by atoms with Gasteiger partial charge >= 0.3 is 12.0 Å². The molecule has 0 aromatic heterocycles. The standard InChI is InChI=1S/C14H20N2O3/c1-3-9-16(2)14(19)15-12-6-4-5-11(10-12)7-8-13(17)18/h4-6,10H,3,7-9H2,1-2H3,(H,15,19)(H,17,18). The molecule has 0 unspecified atom stereocenters. The molecule has 1 aromatic carbocycles. The quantitative estimate of drug-likeness (QED) is 0.829. The lowest BCUT2D eigenvalue weighted by Gasteiger charge is -2.17. The minimum absolute atomic E-state index is 0.0904. The van der Waals surface area contributed by atoms with Gasteiger partial charge < -0.3 is 15.3 Å². The van der Waals surface area contributed by atoms with E-state index in [0.717, 1.165) is 12.0 Å². The van der Waals surface area contributed by atoms with Gasteiger partial charge in [0.25, 0.3) is 0 Å². The molecule has 0 saturated carbocycles. The molecule has 19 heavy (non-hydrogen) atoms. The van der Waals surface area contributed by atoms with E-state index in [9.17, 15) is 9.59 Å². The molecule has 0 aliphatic rings. The van der Waals surface area contributed by atoms with Crippen LogP contribution in [0.1, 0.15) is 25.3 Å². The van der Waals surface area contributed by atoms with Gasteiger partial charge in [0.05, 0.1) is 0 Å². The molecule has 2 N–H and O–H groups in total. The molecule has 5 nitrogen and oxygen atoms in total. The fourth-order valence-corrected chi connectivity index (χ4v) is 1.71. The number of hydrogen-bond donors (Lipinski definition) is 2. The number of nitrogens with one attached hydrogen (secondary N) is 1. The first kappa shape index (κ1) is 15.0. The summed E-state index contributed by atoms with van der Waals surface area (Å²) in [6, 6.07) is 7.11. The number of benzene rings is 1. The maximum atomic E-state index is 11.8. The van der Waals surface area contributed by atoms with Gasteiger partial charge in [-0.3, -0.25) is 4.79 Å². The van der Waals surface area contributed by atoms with E-state index >= 15 is 0 Å². The van der Waals surface area contributed by atoms with Crippen LogP contribution in [0.3, 0.4) is 0 Å². The van der Waals surface area contributed by atoms with Crippen molar-refractivity contribution >= 4 is 17.7 Å². The predicted molar refractivity (Wildman–Crippen MR) is 74.3 cm³/mol. The Labute approximate surface area is 113 Å².